The SMILES string of the molecule is Nc1cc(Br)cc(C(=O)NCCCOCC2CCCO2)c1. The second-order valence-corrected chi connectivity index (χ2v) is 6.01. The first-order valence-electron chi connectivity index (χ1n) is 7.19. The Bertz CT molecular complexity index is 456. The number of hydrogen-bond acceptors (Lipinski definition) is 4. The number of nitrogens with one attached hydrogen (secondary N) is 1. The summed E-state index contributed by atoms with van der Waals surface area (Å²) in [6, 6.07) is 5.17. The summed E-state index contributed by atoms with van der Waals surface area (Å²) in [6.45, 7) is 2.70. The molecule has 1 amide bonds. The van der Waals surface area contributed by atoms with E-state index in [2.05, 4.69) is 21.2 Å². The summed E-state index contributed by atoms with van der Waals surface area (Å²) in [5, 5.41) is 2.86. The fourth-order valence-corrected chi connectivity index (χ4v) is 2.72. The van der Waals surface area contributed by atoms with Gasteiger partial charge in [-0.15, -0.1) is 0 Å². The number of ether oxygens (including phenoxy) is 2. The number of carbonyl (C=O) groups excluding carboxylic acids is 1. The van der Waals surface area contributed by atoms with E-state index in [-0.39, 0.29) is 12.0 Å². The maximum Gasteiger partial charge on any atom is 0.251 e. The first-order chi connectivity index (χ1) is 10.1. The average molecular weight is 357 g/mol. The predicted octanol–water partition coefficient (Wildman–Crippen LogP) is 2.35. The summed E-state index contributed by atoms with van der Waals surface area (Å²) >= 11 is 3.32. The maximum absolute atomic E-state index is 11.9. The van der Waals surface area contributed by atoms with Crippen molar-refractivity contribution >= 4 is 27.5 Å². The molecule has 5 nitrogen and oxygen atoms in total. The van der Waals surface area contributed by atoms with E-state index in [0.717, 1.165) is 30.3 Å². The number of nitrogen functional groups attached to an aromatic ring is 1. The highest BCUT2D eigenvalue weighted by molar-refractivity contribution is 9.10. The molecule has 6 heteroatoms. The molecule has 1 aliphatic rings. The van der Waals surface area contributed by atoms with Crippen molar-refractivity contribution in [1.82, 2.24) is 5.32 Å². The minimum atomic E-state index is -0.123. The van der Waals surface area contributed by atoms with E-state index in [4.69, 9.17) is 15.2 Å². The number of hydrogen-bond donors (Lipinski definition) is 2. The minimum absolute atomic E-state index is 0.123. The molecule has 1 aromatic carbocycles. The first kappa shape index (κ1) is 16.3. The third kappa shape index (κ3) is 5.65. The van der Waals surface area contributed by atoms with Gasteiger partial charge in [0.05, 0.1) is 12.7 Å². The summed E-state index contributed by atoms with van der Waals surface area (Å²) in [5.74, 6) is -0.123. The Kier molecular flexibility index (Phi) is 6.48. The molecule has 0 aromatic heterocycles. The van der Waals surface area contributed by atoms with Crippen molar-refractivity contribution in [2.24, 2.45) is 0 Å². The van der Waals surface area contributed by atoms with Crippen LogP contribution in [-0.4, -0.2) is 38.4 Å². The van der Waals surface area contributed by atoms with Gasteiger partial charge in [0.25, 0.3) is 5.91 Å². The van der Waals surface area contributed by atoms with E-state index in [1.807, 2.05) is 0 Å². The van der Waals surface area contributed by atoms with Crippen molar-refractivity contribution in [3.05, 3.63) is 28.2 Å². The van der Waals surface area contributed by atoms with Crippen LogP contribution < -0.4 is 11.1 Å². The Balaban J connectivity index is 1.60. The van der Waals surface area contributed by atoms with Gasteiger partial charge in [-0.3, -0.25) is 4.79 Å². The van der Waals surface area contributed by atoms with Gasteiger partial charge in [-0.1, -0.05) is 15.9 Å². The van der Waals surface area contributed by atoms with Gasteiger partial charge in [-0.05, 0) is 37.5 Å². The molecule has 1 heterocycles. The predicted molar refractivity (Wildman–Crippen MR) is 85.3 cm³/mol. The van der Waals surface area contributed by atoms with Crippen LogP contribution in [0.25, 0.3) is 0 Å². The van der Waals surface area contributed by atoms with Crippen molar-refractivity contribution < 1.29 is 14.3 Å². The van der Waals surface area contributed by atoms with Gasteiger partial charge in [0, 0.05) is 35.5 Å². The highest BCUT2D eigenvalue weighted by Crippen LogP contribution is 2.17. The Morgan fingerprint density at radius 1 is 1.48 bits per heavy atom. The second kappa shape index (κ2) is 8.36. The van der Waals surface area contributed by atoms with Crippen LogP contribution in [0.1, 0.15) is 29.6 Å². The molecule has 21 heavy (non-hydrogen) atoms. The Morgan fingerprint density at radius 3 is 3.05 bits per heavy atom. The summed E-state index contributed by atoms with van der Waals surface area (Å²) in [4.78, 5) is 11.9. The standard InChI is InChI=1S/C15H21BrN2O3/c16-12-7-11(8-13(17)9-12)15(19)18-4-2-5-20-10-14-3-1-6-21-14/h7-9,14H,1-6,10,17H2,(H,18,19). The highest BCUT2D eigenvalue weighted by atomic mass is 79.9. The molecule has 1 unspecified atom stereocenters. The molecule has 0 radical (unpaired) electrons. The van der Waals surface area contributed by atoms with Crippen molar-refractivity contribution in [2.75, 3.05) is 32.1 Å². The molecule has 0 spiro atoms. The Labute approximate surface area is 133 Å². The lowest BCUT2D eigenvalue weighted by molar-refractivity contribution is 0.0166. The lowest BCUT2D eigenvalue weighted by Crippen LogP contribution is -2.25. The van der Waals surface area contributed by atoms with Crippen molar-refractivity contribution in [1.29, 1.82) is 0 Å². The molecular formula is C15H21BrN2O3. The zero-order valence-electron chi connectivity index (χ0n) is 11.9. The van der Waals surface area contributed by atoms with Crippen molar-refractivity contribution in [3.63, 3.8) is 0 Å². The molecule has 1 aromatic rings. The van der Waals surface area contributed by atoms with Crippen LogP contribution in [0.5, 0.6) is 0 Å². The van der Waals surface area contributed by atoms with E-state index in [1.54, 1.807) is 18.2 Å². The number of anilines is 1. The molecule has 0 aliphatic carbocycles. The topological polar surface area (TPSA) is 73.6 Å². The molecule has 0 saturated carbocycles. The highest BCUT2D eigenvalue weighted by Gasteiger charge is 2.15. The van der Waals surface area contributed by atoms with E-state index in [0.29, 0.717) is 31.0 Å². The fourth-order valence-electron chi connectivity index (χ4n) is 2.21. The summed E-state index contributed by atoms with van der Waals surface area (Å²) < 4.78 is 11.8. The van der Waals surface area contributed by atoms with Crippen molar-refractivity contribution in [3.8, 4) is 0 Å². The molecular weight excluding hydrogens is 336 g/mol. The van der Waals surface area contributed by atoms with Gasteiger partial charge in [0.15, 0.2) is 0 Å². The molecule has 1 atom stereocenters. The van der Waals surface area contributed by atoms with Crippen LogP contribution in [0.4, 0.5) is 5.69 Å². The smallest absolute Gasteiger partial charge is 0.251 e. The number of benzene rings is 1. The maximum atomic E-state index is 11.9. The van der Waals surface area contributed by atoms with E-state index in [9.17, 15) is 4.79 Å². The van der Waals surface area contributed by atoms with Crippen molar-refractivity contribution in [2.45, 2.75) is 25.4 Å². The van der Waals surface area contributed by atoms with Gasteiger partial charge >= 0.3 is 0 Å². The molecule has 3 N–H and O–H groups in total. The Morgan fingerprint density at radius 2 is 2.33 bits per heavy atom. The minimum Gasteiger partial charge on any atom is -0.399 e. The van der Waals surface area contributed by atoms with Crippen LogP contribution >= 0.6 is 15.9 Å². The zero-order chi connectivity index (χ0) is 15.1. The number of rotatable bonds is 7. The summed E-state index contributed by atoms with van der Waals surface area (Å²) in [6.07, 6.45) is 3.24. The third-order valence-corrected chi connectivity index (χ3v) is 3.72. The molecule has 1 aliphatic heterocycles. The van der Waals surface area contributed by atoms with Gasteiger partial charge < -0.3 is 20.5 Å². The molecule has 116 valence electrons. The summed E-state index contributed by atoms with van der Waals surface area (Å²) in [7, 11) is 0. The van der Waals surface area contributed by atoms with E-state index < -0.39 is 0 Å². The monoisotopic (exact) mass is 356 g/mol. The number of nitrogens with two attached hydrogens (primary N) is 1. The normalized spacial score (nSPS) is 17.9. The largest absolute Gasteiger partial charge is 0.399 e. The molecule has 1 fully saturated rings. The number of carbonyl (C=O) groups is 1. The molecule has 2 rings (SSSR count). The van der Waals surface area contributed by atoms with Gasteiger partial charge in [0.1, 0.15) is 0 Å². The second-order valence-electron chi connectivity index (χ2n) is 5.09. The van der Waals surface area contributed by atoms with Gasteiger partial charge in [-0.2, -0.15) is 0 Å². The van der Waals surface area contributed by atoms with E-state index >= 15 is 0 Å². The first-order valence-corrected chi connectivity index (χ1v) is 7.98. The zero-order valence-corrected chi connectivity index (χ0v) is 13.5. The van der Waals surface area contributed by atoms with Crippen LogP contribution in [0.2, 0.25) is 0 Å². The number of halogens is 1. The number of amides is 1. The summed E-state index contributed by atoms with van der Waals surface area (Å²) in [5.41, 5.74) is 6.83. The van der Waals surface area contributed by atoms with Crippen LogP contribution in [0.15, 0.2) is 22.7 Å². The van der Waals surface area contributed by atoms with Crippen LogP contribution in [-0.2, 0) is 9.47 Å². The lowest BCUT2D eigenvalue weighted by atomic mass is 10.2. The van der Waals surface area contributed by atoms with Crippen LogP contribution in [0, 0.1) is 0 Å². The van der Waals surface area contributed by atoms with E-state index in [1.165, 1.54) is 0 Å². The van der Waals surface area contributed by atoms with Gasteiger partial charge in [0.2, 0.25) is 0 Å². The average Bonchev–Trinajstić information content (AvgIpc) is 2.94. The molecule has 0 bridgehead atoms. The van der Waals surface area contributed by atoms with Gasteiger partial charge in [-0.25, -0.2) is 0 Å². The molecule has 1 saturated heterocycles. The third-order valence-electron chi connectivity index (χ3n) is 3.26. The Hall–Kier alpha value is -1.11. The quantitative estimate of drug-likeness (QED) is 0.580. The lowest BCUT2D eigenvalue weighted by Gasteiger charge is -2.10. The van der Waals surface area contributed by atoms with Crippen LogP contribution in [0.3, 0.4) is 0 Å². The fraction of sp³-hybridized carbons (Fsp3) is 0.533.